The van der Waals surface area contributed by atoms with Gasteiger partial charge in [0.05, 0.1) is 20.2 Å². The van der Waals surface area contributed by atoms with Crippen molar-refractivity contribution in [3.63, 3.8) is 0 Å². The minimum absolute atomic E-state index is 0.272. The van der Waals surface area contributed by atoms with Gasteiger partial charge in [-0.15, -0.1) is 0 Å². The largest absolute Gasteiger partial charge is 0.390 e. The number of aliphatic hydroxyl groups is 1. The van der Waals surface area contributed by atoms with E-state index in [1.807, 2.05) is 0 Å². The number of hydrogen-bond donors (Lipinski definition) is 1. The third-order valence-electron chi connectivity index (χ3n) is 5.36. The fraction of sp³-hybridized carbons (Fsp3) is 0.950. The van der Waals surface area contributed by atoms with Crippen molar-refractivity contribution in [3.8, 4) is 0 Å². The molecule has 0 amide bonds. The Kier molecular flexibility index (Phi) is 11.6. The van der Waals surface area contributed by atoms with Gasteiger partial charge in [0.2, 0.25) is 0 Å². The van der Waals surface area contributed by atoms with Gasteiger partial charge in [-0.2, -0.15) is 0 Å². The number of unbranched alkanes of at least 4 members (excludes halogenated alkanes) is 11. The monoisotopic (exact) mass is 325 g/mol. The van der Waals surface area contributed by atoms with Crippen LogP contribution in [0.2, 0.25) is 0 Å². The van der Waals surface area contributed by atoms with Crippen LogP contribution in [0.25, 0.3) is 0 Å². The van der Waals surface area contributed by atoms with Gasteiger partial charge in [0.15, 0.2) is 5.84 Å². The van der Waals surface area contributed by atoms with Crippen molar-refractivity contribution in [1.29, 1.82) is 0 Å². The lowest BCUT2D eigenvalue weighted by Crippen LogP contribution is -2.48. The predicted molar refractivity (Wildman–Crippen MR) is 101 cm³/mol. The molecule has 3 heteroatoms. The van der Waals surface area contributed by atoms with E-state index in [4.69, 9.17) is 0 Å². The first-order valence-electron chi connectivity index (χ1n) is 10.2. The molecular formula is C20H41N2O+. The van der Waals surface area contributed by atoms with E-state index in [1.54, 1.807) is 0 Å². The Bertz CT molecular complexity index is 317. The molecule has 0 aromatic carbocycles. The normalized spacial score (nSPS) is 20.9. The molecule has 1 N–H and O–H groups in total. The third-order valence-corrected chi connectivity index (χ3v) is 5.36. The predicted octanol–water partition coefficient (Wildman–Crippen LogP) is 4.93. The number of aliphatic hydroxyl groups excluding tert-OH is 1. The first kappa shape index (κ1) is 20.6. The van der Waals surface area contributed by atoms with E-state index in [0.717, 1.165) is 30.5 Å². The number of aliphatic imine (C=N–C) groups is 1. The van der Waals surface area contributed by atoms with Gasteiger partial charge in [-0.3, -0.25) is 4.48 Å². The minimum Gasteiger partial charge on any atom is -0.390 e. The van der Waals surface area contributed by atoms with E-state index in [1.165, 1.54) is 82.9 Å². The number of amidine groups is 1. The van der Waals surface area contributed by atoms with Crippen LogP contribution in [0.4, 0.5) is 0 Å². The molecule has 23 heavy (non-hydrogen) atoms. The fourth-order valence-corrected chi connectivity index (χ4v) is 3.63. The lowest BCUT2D eigenvalue weighted by Gasteiger charge is -2.29. The number of hydrogen-bond acceptors (Lipinski definition) is 2. The second-order valence-corrected chi connectivity index (χ2v) is 7.50. The molecule has 0 bridgehead atoms. The maximum atomic E-state index is 9.21. The first-order valence-corrected chi connectivity index (χ1v) is 10.2. The average molecular weight is 326 g/mol. The number of likely N-dealkylation sites (N-methyl/N-ethyl adjacent to an activating group) is 1. The molecule has 3 nitrogen and oxygen atoms in total. The van der Waals surface area contributed by atoms with Crippen LogP contribution in [0.15, 0.2) is 4.99 Å². The summed E-state index contributed by atoms with van der Waals surface area (Å²) in [5.74, 6) is 1.33. The molecule has 1 atom stereocenters. The molecular weight excluding hydrogens is 284 g/mol. The summed E-state index contributed by atoms with van der Waals surface area (Å²) >= 11 is 0. The van der Waals surface area contributed by atoms with Crippen molar-refractivity contribution in [2.24, 2.45) is 4.99 Å². The summed E-state index contributed by atoms with van der Waals surface area (Å²) in [5, 5.41) is 9.21. The minimum atomic E-state index is 0.272. The zero-order valence-electron chi connectivity index (χ0n) is 15.9. The number of nitrogens with zero attached hydrogens (tertiary/aromatic N) is 2. The van der Waals surface area contributed by atoms with Gasteiger partial charge >= 0.3 is 0 Å². The van der Waals surface area contributed by atoms with Gasteiger partial charge in [0.25, 0.3) is 0 Å². The summed E-state index contributed by atoms with van der Waals surface area (Å²) in [5.41, 5.74) is 0. The molecule has 1 heterocycles. The molecule has 0 aliphatic carbocycles. The first-order chi connectivity index (χ1) is 11.2. The quantitative estimate of drug-likeness (QED) is 0.336. The Morgan fingerprint density at radius 2 is 1.39 bits per heavy atom. The van der Waals surface area contributed by atoms with Crippen molar-refractivity contribution in [3.05, 3.63) is 0 Å². The SMILES string of the molecule is CCCCCCCCCCCCCCC1=NCC[N+]1(C)CCO. The molecule has 0 saturated carbocycles. The Balaban J connectivity index is 1.90. The lowest BCUT2D eigenvalue weighted by molar-refractivity contribution is -0.815. The van der Waals surface area contributed by atoms with Gasteiger partial charge in [-0.25, -0.2) is 4.99 Å². The van der Waals surface area contributed by atoms with Crippen LogP contribution < -0.4 is 0 Å². The smallest absolute Gasteiger partial charge is 0.198 e. The van der Waals surface area contributed by atoms with Crippen LogP contribution in [0.3, 0.4) is 0 Å². The summed E-state index contributed by atoms with van der Waals surface area (Å²) in [6.45, 7) is 5.41. The molecule has 0 spiro atoms. The average Bonchev–Trinajstić information content (AvgIpc) is 2.89. The highest BCUT2D eigenvalue weighted by molar-refractivity contribution is 5.76. The zero-order valence-corrected chi connectivity index (χ0v) is 15.9. The van der Waals surface area contributed by atoms with Crippen molar-refractivity contribution < 1.29 is 9.59 Å². The Hall–Kier alpha value is -0.410. The standard InChI is InChI=1S/C20H41N2O/c1-3-4-5-6-7-8-9-10-11-12-13-14-15-20-21-16-17-22(20,2)18-19-23/h23H,3-19H2,1-2H3/q+1. The third kappa shape index (κ3) is 8.85. The maximum absolute atomic E-state index is 9.21. The molecule has 0 radical (unpaired) electrons. The maximum Gasteiger partial charge on any atom is 0.198 e. The van der Waals surface area contributed by atoms with Gasteiger partial charge in [0.1, 0.15) is 13.1 Å². The van der Waals surface area contributed by atoms with Crippen LogP contribution >= 0.6 is 0 Å². The molecule has 1 rings (SSSR count). The fourth-order valence-electron chi connectivity index (χ4n) is 3.63. The zero-order chi connectivity index (χ0) is 16.8. The summed E-state index contributed by atoms with van der Waals surface area (Å²) < 4.78 is 0.883. The van der Waals surface area contributed by atoms with Crippen molar-refractivity contribution >= 4 is 5.84 Å². The molecule has 0 aromatic heterocycles. The lowest BCUT2D eigenvalue weighted by atomic mass is 10.0. The van der Waals surface area contributed by atoms with Crippen molar-refractivity contribution in [2.75, 3.05) is 33.3 Å². The molecule has 0 saturated heterocycles. The van der Waals surface area contributed by atoms with E-state index in [9.17, 15) is 5.11 Å². The van der Waals surface area contributed by atoms with Gasteiger partial charge in [-0.05, 0) is 6.42 Å². The molecule has 1 aliphatic rings. The van der Waals surface area contributed by atoms with Crippen molar-refractivity contribution in [1.82, 2.24) is 0 Å². The van der Waals surface area contributed by atoms with Crippen molar-refractivity contribution in [2.45, 2.75) is 90.4 Å². The summed E-state index contributed by atoms with van der Waals surface area (Å²) in [6.07, 6.45) is 17.9. The number of quaternary nitrogens is 1. The van der Waals surface area contributed by atoms with Crippen LogP contribution in [0.5, 0.6) is 0 Å². The molecule has 136 valence electrons. The summed E-state index contributed by atoms with van der Waals surface area (Å²) in [6, 6.07) is 0. The molecule has 0 fully saturated rings. The Labute approximate surface area is 144 Å². The van der Waals surface area contributed by atoms with E-state index >= 15 is 0 Å². The van der Waals surface area contributed by atoms with Crippen LogP contribution in [0, 0.1) is 0 Å². The van der Waals surface area contributed by atoms with Crippen LogP contribution in [-0.2, 0) is 0 Å². The second-order valence-electron chi connectivity index (χ2n) is 7.50. The molecule has 0 aromatic rings. The summed E-state index contributed by atoms with van der Waals surface area (Å²) in [4.78, 5) is 4.67. The van der Waals surface area contributed by atoms with E-state index in [0.29, 0.717) is 0 Å². The van der Waals surface area contributed by atoms with E-state index < -0.39 is 0 Å². The number of rotatable bonds is 15. The van der Waals surface area contributed by atoms with E-state index in [2.05, 4.69) is 19.0 Å². The Morgan fingerprint density at radius 1 is 0.870 bits per heavy atom. The molecule has 1 aliphatic heterocycles. The van der Waals surface area contributed by atoms with Gasteiger partial charge < -0.3 is 5.11 Å². The van der Waals surface area contributed by atoms with Crippen LogP contribution in [0.1, 0.15) is 90.4 Å². The Morgan fingerprint density at radius 3 is 1.91 bits per heavy atom. The second kappa shape index (κ2) is 12.9. The van der Waals surface area contributed by atoms with Gasteiger partial charge in [0, 0.05) is 6.42 Å². The topological polar surface area (TPSA) is 32.6 Å². The summed E-state index contributed by atoms with van der Waals surface area (Å²) in [7, 11) is 2.22. The molecule has 1 unspecified atom stereocenters. The highest BCUT2D eigenvalue weighted by Gasteiger charge is 2.32. The highest BCUT2D eigenvalue weighted by atomic mass is 16.3. The van der Waals surface area contributed by atoms with Gasteiger partial charge in [-0.1, -0.05) is 77.6 Å². The van der Waals surface area contributed by atoms with E-state index in [-0.39, 0.29) is 6.61 Å². The highest BCUT2D eigenvalue weighted by Crippen LogP contribution is 2.18. The van der Waals surface area contributed by atoms with Crippen LogP contribution in [-0.4, -0.2) is 48.7 Å².